The molecule has 184 valence electrons. The molecule has 3 rings (SSSR count). The van der Waals surface area contributed by atoms with Crippen molar-refractivity contribution in [2.24, 2.45) is 18.5 Å². The SMILES string of the molecule is CC(C)N(CCC(=N)N)C(=O)c1ccc2c(c1)nc(CCc1ccc(C(=N)N)cc1)n2C.Cl.Cl. The Kier molecular flexibility index (Phi) is 10.5. The number of carbonyl (C=O) groups is 1. The Morgan fingerprint density at radius 3 is 2.21 bits per heavy atom. The van der Waals surface area contributed by atoms with E-state index in [4.69, 9.17) is 27.3 Å². The van der Waals surface area contributed by atoms with E-state index >= 15 is 0 Å². The number of hydrogen-bond donors (Lipinski definition) is 4. The van der Waals surface area contributed by atoms with E-state index in [0.717, 1.165) is 35.3 Å². The van der Waals surface area contributed by atoms with Gasteiger partial charge in [0.2, 0.25) is 0 Å². The zero-order valence-corrected chi connectivity index (χ0v) is 21.3. The fourth-order valence-corrected chi connectivity index (χ4v) is 3.71. The molecule has 2 aromatic carbocycles. The second-order valence-corrected chi connectivity index (χ2v) is 8.27. The van der Waals surface area contributed by atoms with Crippen molar-refractivity contribution in [2.75, 3.05) is 6.54 Å². The van der Waals surface area contributed by atoms with Gasteiger partial charge in [-0.3, -0.25) is 15.6 Å². The van der Waals surface area contributed by atoms with E-state index < -0.39 is 0 Å². The fourth-order valence-electron chi connectivity index (χ4n) is 3.71. The van der Waals surface area contributed by atoms with Gasteiger partial charge in [0.15, 0.2) is 0 Å². The average molecular weight is 506 g/mol. The third-order valence-electron chi connectivity index (χ3n) is 5.63. The predicted molar refractivity (Wildman–Crippen MR) is 143 cm³/mol. The van der Waals surface area contributed by atoms with Gasteiger partial charge >= 0.3 is 0 Å². The van der Waals surface area contributed by atoms with Gasteiger partial charge in [0.05, 0.1) is 16.9 Å². The monoisotopic (exact) mass is 505 g/mol. The molecule has 8 nitrogen and oxygen atoms in total. The highest BCUT2D eigenvalue weighted by molar-refractivity contribution is 5.98. The molecule has 1 amide bonds. The summed E-state index contributed by atoms with van der Waals surface area (Å²) in [4.78, 5) is 19.6. The summed E-state index contributed by atoms with van der Waals surface area (Å²) >= 11 is 0. The maximum absolute atomic E-state index is 13.1. The van der Waals surface area contributed by atoms with Crippen LogP contribution in [0.1, 0.15) is 47.6 Å². The number of rotatable bonds is 9. The number of amidine groups is 2. The van der Waals surface area contributed by atoms with E-state index in [9.17, 15) is 4.79 Å². The minimum atomic E-state index is -0.0825. The molecule has 10 heteroatoms. The fraction of sp³-hybridized carbons (Fsp3) is 0.333. The highest BCUT2D eigenvalue weighted by atomic mass is 35.5. The van der Waals surface area contributed by atoms with Crippen molar-refractivity contribution >= 4 is 53.4 Å². The van der Waals surface area contributed by atoms with E-state index in [2.05, 4.69) is 4.57 Å². The first kappa shape index (κ1) is 28.9. The number of fused-ring (bicyclic) bond motifs is 1. The third kappa shape index (κ3) is 6.71. The lowest BCUT2D eigenvalue weighted by atomic mass is 10.1. The Bertz CT molecular complexity index is 1160. The van der Waals surface area contributed by atoms with E-state index in [1.807, 2.05) is 63.4 Å². The van der Waals surface area contributed by atoms with Crippen LogP contribution < -0.4 is 11.5 Å². The molecule has 0 aliphatic rings. The minimum absolute atomic E-state index is 0. The quantitative estimate of drug-likeness (QED) is 0.260. The molecule has 0 saturated carbocycles. The molecular weight excluding hydrogens is 473 g/mol. The first-order chi connectivity index (χ1) is 15.2. The summed E-state index contributed by atoms with van der Waals surface area (Å²) in [6, 6.07) is 13.3. The van der Waals surface area contributed by atoms with Gasteiger partial charge < -0.3 is 20.9 Å². The average Bonchev–Trinajstić information content (AvgIpc) is 3.07. The number of aryl methyl sites for hydroxylation is 3. The van der Waals surface area contributed by atoms with Crippen molar-refractivity contribution in [3.05, 3.63) is 65.0 Å². The summed E-state index contributed by atoms with van der Waals surface area (Å²) in [6.45, 7) is 4.33. The molecule has 1 heterocycles. The van der Waals surface area contributed by atoms with E-state index in [0.29, 0.717) is 24.1 Å². The number of nitrogens with one attached hydrogen (secondary N) is 2. The first-order valence-electron chi connectivity index (χ1n) is 10.7. The lowest BCUT2D eigenvalue weighted by Gasteiger charge is -2.26. The van der Waals surface area contributed by atoms with Crippen molar-refractivity contribution < 1.29 is 4.79 Å². The Morgan fingerprint density at radius 1 is 1.03 bits per heavy atom. The van der Waals surface area contributed by atoms with Crippen LogP contribution in [0.2, 0.25) is 0 Å². The number of aromatic nitrogens is 2. The molecular formula is C24H33Cl2N7O. The number of nitrogens with two attached hydrogens (primary N) is 2. The summed E-state index contributed by atoms with van der Waals surface area (Å²) in [5, 5.41) is 14.9. The smallest absolute Gasteiger partial charge is 0.254 e. The molecule has 0 fully saturated rings. The van der Waals surface area contributed by atoms with Crippen molar-refractivity contribution in [1.29, 1.82) is 10.8 Å². The van der Waals surface area contributed by atoms with Crippen LogP contribution in [0.3, 0.4) is 0 Å². The van der Waals surface area contributed by atoms with Gasteiger partial charge in [-0.15, -0.1) is 24.8 Å². The third-order valence-corrected chi connectivity index (χ3v) is 5.63. The molecule has 6 N–H and O–H groups in total. The van der Waals surface area contributed by atoms with E-state index in [1.54, 1.807) is 4.90 Å². The highest BCUT2D eigenvalue weighted by Crippen LogP contribution is 2.20. The van der Waals surface area contributed by atoms with Gasteiger partial charge in [0, 0.05) is 43.6 Å². The van der Waals surface area contributed by atoms with Crippen LogP contribution in [0.15, 0.2) is 42.5 Å². The van der Waals surface area contributed by atoms with Gasteiger partial charge in [-0.2, -0.15) is 0 Å². The second kappa shape index (κ2) is 12.4. The lowest BCUT2D eigenvalue weighted by Crippen LogP contribution is -2.39. The van der Waals surface area contributed by atoms with Crippen LogP contribution in [0.5, 0.6) is 0 Å². The number of amides is 1. The molecule has 3 aromatic rings. The summed E-state index contributed by atoms with van der Waals surface area (Å²) in [7, 11) is 1.98. The van der Waals surface area contributed by atoms with Crippen LogP contribution in [-0.4, -0.2) is 44.6 Å². The summed E-state index contributed by atoms with van der Waals surface area (Å²) in [5.41, 5.74) is 15.2. The van der Waals surface area contributed by atoms with Crippen LogP contribution in [0.4, 0.5) is 0 Å². The van der Waals surface area contributed by atoms with E-state index in [-0.39, 0.29) is 48.4 Å². The number of hydrogen-bond acceptors (Lipinski definition) is 4. The van der Waals surface area contributed by atoms with Crippen molar-refractivity contribution in [3.63, 3.8) is 0 Å². The molecule has 0 radical (unpaired) electrons. The number of nitrogen functional groups attached to an aromatic ring is 1. The lowest BCUT2D eigenvalue weighted by molar-refractivity contribution is 0.0711. The van der Waals surface area contributed by atoms with E-state index in [1.165, 1.54) is 0 Å². The van der Waals surface area contributed by atoms with Gasteiger partial charge in [-0.25, -0.2) is 4.98 Å². The molecule has 0 spiro atoms. The minimum Gasteiger partial charge on any atom is -0.388 e. The zero-order chi connectivity index (χ0) is 23.4. The largest absolute Gasteiger partial charge is 0.388 e. The maximum atomic E-state index is 13.1. The van der Waals surface area contributed by atoms with Crippen LogP contribution in [0.25, 0.3) is 11.0 Å². The molecule has 1 aromatic heterocycles. The van der Waals surface area contributed by atoms with Crippen LogP contribution >= 0.6 is 24.8 Å². The van der Waals surface area contributed by atoms with Gasteiger partial charge in [-0.05, 0) is 44.0 Å². The summed E-state index contributed by atoms with van der Waals surface area (Å²) in [6.07, 6.45) is 1.92. The van der Waals surface area contributed by atoms with Gasteiger partial charge in [0.1, 0.15) is 11.7 Å². The molecule has 0 unspecified atom stereocenters. The standard InChI is InChI=1S/C24H31N7O.2ClH/c1-15(2)31(13-12-21(25)26)24(32)18-9-10-20-19(14-18)29-22(30(20)3)11-6-16-4-7-17(8-5-16)23(27)28;;/h4-5,7-10,14-15H,6,11-13H2,1-3H3,(H3,25,26)(H3,27,28);2*1H. The number of imidazole rings is 1. The molecule has 0 atom stereocenters. The van der Waals surface area contributed by atoms with Crippen molar-refractivity contribution in [1.82, 2.24) is 14.5 Å². The predicted octanol–water partition coefficient (Wildman–Crippen LogP) is 3.66. The Labute approximate surface area is 212 Å². The second-order valence-electron chi connectivity index (χ2n) is 8.27. The number of halogens is 2. The van der Waals surface area contributed by atoms with Crippen LogP contribution in [0, 0.1) is 10.8 Å². The Hall–Kier alpha value is -3.10. The number of nitrogens with zero attached hydrogens (tertiary/aromatic N) is 3. The molecule has 0 saturated heterocycles. The first-order valence-corrected chi connectivity index (χ1v) is 10.7. The number of carbonyl (C=O) groups excluding carboxylic acids is 1. The van der Waals surface area contributed by atoms with Crippen molar-refractivity contribution in [2.45, 2.75) is 39.2 Å². The molecule has 0 aliphatic carbocycles. The summed E-state index contributed by atoms with van der Waals surface area (Å²) in [5.74, 6) is 0.997. The van der Waals surface area contributed by atoms with Crippen LogP contribution in [-0.2, 0) is 19.9 Å². The zero-order valence-electron chi connectivity index (χ0n) is 19.7. The Balaban J connectivity index is 0.00000289. The normalized spacial score (nSPS) is 10.5. The maximum Gasteiger partial charge on any atom is 0.254 e. The van der Waals surface area contributed by atoms with Gasteiger partial charge in [0.25, 0.3) is 5.91 Å². The summed E-state index contributed by atoms with van der Waals surface area (Å²) < 4.78 is 2.06. The molecule has 34 heavy (non-hydrogen) atoms. The van der Waals surface area contributed by atoms with Crippen molar-refractivity contribution in [3.8, 4) is 0 Å². The molecule has 0 aliphatic heterocycles. The topological polar surface area (TPSA) is 138 Å². The van der Waals surface area contributed by atoms with Gasteiger partial charge in [-0.1, -0.05) is 24.3 Å². The molecule has 0 bridgehead atoms. The highest BCUT2D eigenvalue weighted by Gasteiger charge is 2.20. The Morgan fingerprint density at radius 2 is 1.65 bits per heavy atom. The number of benzene rings is 2.